The molecule has 23 heavy (non-hydrogen) atoms. The zero-order valence-corrected chi connectivity index (χ0v) is 13.7. The quantitative estimate of drug-likeness (QED) is 0.832. The Hall–Kier alpha value is -2.04. The van der Waals surface area contributed by atoms with Crippen molar-refractivity contribution in [3.05, 3.63) is 59.7 Å². The molecule has 0 spiro atoms. The van der Waals surface area contributed by atoms with Gasteiger partial charge in [-0.05, 0) is 49.2 Å². The van der Waals surface area contributed by atoms with Gasteiger partial charge in [-0.1, -0.05) is 24.3 Å². The van der Waals surface area contributed by atoms with E-state index in [4.69, 9.17) is 18.9 Å². The molecule has 3 rings (SSSR count). The van der Waals surface area contributed by atoms with E-state index < -0.39 is 5.79 Å². The van der Waals surface area contributed by atoms with Gasteiger partial charge in [-0.3, -0.25) is 0 Å². The van der Waals surface area contributed by atoms with Crippen LogP contribution in [-0.2, 0) is 16.1 Å². The van der Waals surface area contributed by atoms with E-state index >= 15 is 0 Å². The summed E-state index contributed by atoms with van der Waals surface area (Å²) >= 11 is 0. The van der Waals surface area contributed by atoms with Crippen LogP contribution in [0.1, 0.15) is 31.1 Å². The minimum Gasteiger partial charge on any atom is -0.497 e. The van der Waals surface area contributed by atoms with Gasteiger partial charge < -0.3 is 18.9 Å². The molecule has 1 heterocycles. The van der Waals surface area contributed by atoms with Crippen molar-refractivity contribution >= 4 is 0 Å². The number of hydrogen-bond donors (Lipinski definition) is 0. The summed E-state index contributed by atoms with van der Waals surface area (Å²) in [6.07, 6.45) is 0.00144. The van der Waals surface area contributed by atoms with Crippen LogP contribution in [-0.4, -0.2) is 19.5 Å². The standard InChI is InChI=1S/C19H22O4/c1-19(2)22-13-18(23-19)15-6-4-14(5-7-15)12-21-17-10-8-16(20-3)9-11-17/h4-11,18H,12-13H2,1-3H3/t18-/m0/s1. The third-order valence-corrected chi connectivity index (χ3v) is 3.82. The van der Waals surface area contributed by atoms with Crippen LogP contribution in [0.3, 0.4) is 0 Å². The van der Waals surface area contributed by atoms with Crippen molar-refractivity contribution < 1.29 is 18.9 Å². The van der Waals surface area contributed by atoms with Crippen molar-refractivity contribution in [2.75, 3.05) is 13.7 Å². The molecule has 0 N–H and O–H groups in total. The highest BCUT2D eigenvalue weighted by molar-refractivity contribution is 5.31. The van der Waals surface area contributed by atoms with Crippen LogP contribution in [0, 0.1) is 0 Å². The maximum atomic E-state index is 5.86. The Morgan fingerprint density at radius 3 is 2.22 bits per heavy atom. The lowest BCUT2D eigenvalue weighted by Gasteiger charge is -2.17. The molecule has 0 radical (unpaired) electrons. The molecule has 0 unspecified atom stereocenters. The van der Waals surface area contributed by atoms with Gasteiger partial charge in [-0.25, -0.2) is 0 Å². The number of hydrogen-bond acceptors (Lipinski definition) is 4. The van der Waals surface area contributed by atoms with Crippen LogP contribution in [0.25, 0.3) is 0 Å². The molecule has 4 nitrogen and oxygen atoms in total. The van der Waals surface area contributed by atoms with Gasteiger partial charge in [-0.2, -0.15) is 0 Å². The average Bonchev–Trinajstić information content (AvgIpc) is 2.94. The third kappa shape index (κ3) is 4.03. The van der Waals surface area contributed by atoms with Crippen molar-refractivity contribution in [3.8, 4) is 11.5 Å². The van der Waals surface area contributed by atoms with E-state index in [0.717, 1.165) is 22.6 Å². The highest BCUT2D eigenvalue weighted by Gasteiger charge is 2.33. The number of rotatable bonds is 5. The van der Waals surface area contributed by atoms with E-state index in [9.17, 15) is 0 Å². The van der Waals surface area contributed by atoms with E-state index in [1.165, 1.54) is 0 Å². The Labute approximate surface area is 136 Å². The van der Waals surface area contributed by atoms with Gasteiger partial charge in [-0.15, -0.1) is 0 Å². The number of methoxy groups -OCH3 is 1. The van der Waals surface area contributed by atoms with Crippen molar-refractivity contribution in [2.24, 2.45) is 0 Å². The summed E-state index contributed by atoms with van der Waals surface area (Å²) in [4.78, 5) is 0. The second-order valence-electron chi connectivity index (χ2n) is 6.02. The van der Waals surface area contributed by atoms with Crippen LogP contribution < -0.4 is 9.47 Å². The average molecular weight is 314 g/mol. The summed E-state index contributed by atoms with van der Waals surface area (Å²) in [7, 11) is 1.65. The normalized spacial score (nSPS) is 19.5. The van der Waals surface area contributed by atoms with Crippen molar-refractivity contribution in [1.82, 2.24) is 0 Å². The Bertz CT molecular complexity index is 631. The summed E-state index contributed by atoms with van der Waals surface area (Å²) < 4.78 is 22.4. The first kappa shape index (κ1) is 15.8. The highest BCUT2D eigenvalue weighted by atomic mass is 16.7. The molecule has 0 amide bonds. The first-order valence-electron chi connectivity index (χ1n) is 7.73. The van der Waals surface area contributed by atoms with E-state index in [1.807, 2.05) is 38.1 Å². The minimum atomic E-state index is -0.499. The number of benzene rings is 2. The van der Waals surface area contributed by atoms with Crippen LogP contribution in [0.15, 0.2) is 48.5 Å². The molecular formula is C19H22O4. The van der Waals surface area contributed by atoms with Gasteiger partial charge in [0.25, 0.3) is 0 Å². The topological polar surface area (TPSA) is 36.9 Å². The lowest BCUT2D eigenvalue weighted by molar-refractivity contribution is -0.139. The zero-order chi connectivity index (χ0) is 16.3. The summed E-state index contributed by atoms with van der Waals surface area (Å²) in [5.74, 6) is 1.15. The van der Waals surface area contributed by atoms with Gasteiger partial charge in [0.15, 0.2) is 5.79 Å². The van der Waals surface area contributed by atoms with E-state index in [2.05, 4.69) is 24.3 Å². The predicted octanol–water partition coefficient (Wildman–Crippen LogP) is 4.10. The molecule has 0 aliphatic carbocycles. The fourth-order valence-electron chi connectivity index (χ4n) is 2.52. The Balaban J connectivity index is 1.57. The van der Waals surface area contributed by atoms with Crippen molar-refractivity contribution in [1.29, 1.82) is 0 Å². The van der Waals surface area contributed by atoms with Gasteiger partial charge >= 0.3 is 0 Å². The molecule has 2 aromatic carbocycles. The molecule has 1 saturated heterocycles. The molecular weight excluding hydrogens is 292 g/mol. The molecule has 1 aliphatic heterocycles. The smallest absolute Gasteiger partial charge is 0.163 e. The SMILES string of the molecule is COc1ccc(OCc2ccc([C@@H]3COC(C)(C)O3)cc2)cc1. The summed E-state index contributed by atoms with van der Waals surface area (Å²) in [5, 5.41) is 0. The van der Waals surface area contributed by atoms with E-state index in [1.54, 1.807) is 7.11 Å². The van der Waals surface area contributed by atoms with Crippen LogP contribution in [0.5, 0.6) is 11.5 Å². The van der Waals surface area contributed by atoms with Gasteiger partial charge in [0, 0.05) is 0 Å². The maximum absolute atomic E-state index is 5.86. The molecule has 1 aliphatic rings. The van der Waals surface area contributed by atoms with Crippen LogP contribution in [0.2, 0.25) is 0 Å². The van der Waals surface area contributed by atoms with Crippen molar-refractivity contribution in [3.63, 3.8) is 0 Å². The zero-order valence-electron chi connectivity index (χ0n) is 13.7. The molecule has 0 aromatic heterocycles. The summed E-state index contributed by atoms with van der Waals surface area (Å²) in [5.41, 5.74) is 2.24. The van der Waals surface area contributed by atoms with Gasteiger partial charge in [0.2, 0.25) is 0 Å². The van der Waals surface area contributed by atoms with Gasteiger partial charge in [0.05, 0.1) is 13.7 Å². The Morgan fingerprint density at radius 1 is 1.00 bits per heavy atom. The van der Waals surface area contributed by atoms with Crippen LogP contribution >= 0.6 is 0 Å². The number of ether oxygens (including phenoxy) is 4. The third-order valence-electron chi connectivity index (χ3n) is 3.82. The molecule has 122 valence electrons. The maximum Gasteiger partial charge on any atom is 0.163 e. The predicted molar refractivity (Wildman–Crippen MR) is 87.6 cm³/mol. The molecule has 4 heteroatoms. The summed E-state index contributed by atoms with van der Waals surface area (Å²) in [6, 6.07) is 15.8. The minimum absolute atomic E-state index is 0.00144. The Morgan fingerprint density at radius 2 is 1.65 bits per heavy atom. The second-order valence-corrected chi connectivity index (χ2v) is 6.02. The fourth-order valence-corrected chi connectivity index (χ4v) is 2.52. The lowest BCUT2D eigenvalue weighted by atomic mass is 10.1. The first-order valence-corrected chi connectivity index (χ1v) is 7.73. The van der Waals surface area contributed by atoms with E-state index in [-0.39, 0.29) is 6.10 Å². The molecule has 1 fully saturated rings. The largest absolute Gasteiger partial charge is 0.497 e. The van der Waals surface area contributed by atoms with Gasteiger partial charge in [0.1, 0.15) is 24.2 Å². The highest BCUT2D eigenvalue weighted by Crippen LogP contribution is 2.32. The first-order chi connectivity index (χ1) is 11.1. The van der Waals surface area contributed by atoms with E-state index in [0.29, 0.717) is 13.2 Å². The fraction of sp³-hybridized carbons (Fsp3) is 0.368. The molecule has 0 saturated carbocycles. The molecule has 2 aromatic rings. The summed E-state index contributed by atoms with van der Waals surface area (Å²) in [6.45, 7) is 4.99. The lowest BCUT2D eigenvalue weighted by Crippen LogP contribution is -2.19. The van der Waals surface area contributed by atoms with Crippen molar-refractivity contribution in [2.45, 2.75) is 32.3 Å². The van der Waals surface area contributed by atoms with Crippen LogP contribution in [0.4, 0.5) is 0 Å². The molecule has 1 atom stereocenters. The monoisotopic (exact) mass is 314 g/mol. The second kappa shape index (κ2) is 6.60. The molecule has 0 bridgehead atoms. The Kier molecular flexibility index (Phi) is 4.55.